The highest BCUT2D eigenvalue weighted by Crippen LogP contribution is 2.62. The second-order valence-electron chi connectivity index (χ2n) is 10.5. The lowest BCUT2D eigenvalue weighted by atomic mass is 9.49. The van der Waals surface area contributed by atoms with Gasteiger partial charge in [-0.25, -0.2) is 9.61 Å². The van der Waals surface area contributed by atoms with Gasteiger partial charge in [0.2, 0.25) is 0 Å². The van der Waals surface area contributed by atoms with Gasteiger partial charge in [0.05, 0.1) is 34.0 Å². The van der Waals surface area contributed by atoms with Gasteiger partial charge in [0.25, 0.3) is 11.5 Å². The van der Waals surface area contributed by atoms with E-state index in [-0.39, 0.29) is 22.9 Å². The van der Waals surface area contributed by atoms with E-state index in [1.807, 2.05) is 36.4 Å². The molecule has 8 nitrogen and oxygen atoms in total. The molecule has 8 heteroatoms. The molecule has 0 saturated heterocycles. The zero-order valence-electron chi connectivity index (χ0n) is 19.2. The number of nitrogens with zero attached hydrogens (tertiary/aromatic N) is 3. The molecule has 2 fully saturated rings. The number of carbonyl (C=O) groups excluding carboxylic acids is 1. The van der Waals surface area contributed by atoms with Gasteiger partial charge in [-0.05, 0) is 57.1 Å². The predicted octanol–water partition coefficient (Wildman–Crippen LogP) is 3.25. The van der Waals surface area contributed by atoms with E-state index < -0.39 is 5.60 Å². The molecule has 3 heterocycles. The SMILES string of the molecule is CC(C)(O)c1ccc2c(C(=O)N[C@H]3CC4(C3)C[C@H](c3n[nH]c(=O)c5ccccc53)C4)cnn2c1. The van der Waals surface area contributed by atoms with Crippen molar-refractivity contribution in [2.75, 3.05) is 0 Å². The molecule has 0 bridgehead atoms. The average molecular weight is 458 g/mol. The van der Waals surface area contributed by atoms with E-state index in [0.717, 1.165) is 47.8 Å². The average Bonchev–Trinajstić information content (AvgIpc) is 3.18. The summed E-state index contributed by atoms with van der Waals surface area (Å²) in [6, 6.07) is 11.4. The Labute approximate surface area is 196 Å². The molecule has 0 aliphatic heterocycles. The lowest BCUT2D eigenvalue weighted by Crippen LogP contribution is -2.55. The number of hydrogen-bond donors (Lipinski definition) is 3. The van der Waals surface area contributed by atoms with Crippen LogP contribution in [0.1, 0.15) is 67.1 Å². The molecule has 174 valence electrons. The Bertz CT molecular complexity index is 1480. The summed E-state index contributed by atoms with van der Waals surface area (Å²) in [5.41, 5.74) is 2.11. The molecule has 1 aromatic carbocycles. The van der Waals surface area contributed by atoms with E-state index in [4.69, 9.17) is 0 Å². The lowest BCUT2D eigenvalue weighted by molar-refractivity contribution is -0.0196. The van der Waals surface area contributed by atoms with Gasteiger partial charge in [0.1, 0.15) is 0 Å². The summed E-state index contributed by atoms with van der Waals surface area (Å²) in [4.78, 5) is 25.0. The number of aromatic nitrogens is 4. The van der Waals surface area contributed by atoms with Gasteiger partial charge in [-0.15, -0.1) is 0 Å². The summed E-state index contributed by atoms with van der Waals surface area (Å²) < 4.78 is 1.64. The third kappa shape index (κ3) is 3.32. The minimum atomic E-state index is -0.972. The number of pyridine rings is 1. The molecular weight excluding hydrogens is 430 g/mol. The lowest BCUT2D eigenvalue weighted by Gasteiger charge is -2.57. The van der Waals surface area contributed by atoms with Crippen molar-refractivity contribution in [1.29, 1.82) is 0 Å². The van der Waals surface area contributed by atoms with Crippen LogP contribution in [0.5, 0.6) is 0 Å². The number of H-pyrrole nitrogens is 1. The van der Waals surface area contributed by atoms with Gasteiger partial charge in [0, 0.05) is 29.1 Å². The molecular formula is C26H27N5O3. The molecule has 4 aromatic rings. The number of aliphatic hydroxyl groups is 1. The number of benzene rings is 1. The van der Waals surface area contributed by atoms with Crippen LogP contribution in [-0.4, -0.2) is 36.9 Å². The van der Waals surface area contributed by atoms with Gasteiger partial charge in [-0.3, -0.25) is 9.59 Å². The molecule has 6 rings (SSSR count). The van der Waals surface area contributed by atoms with Crippen molar-refractivity contribution in [3.8, 4) is 0 Å². The quantitative estimate of drug-likeness (QED) is 0.435. The summed E-state index contributed by atoms with van der Waals surface area (Å²) in [5.74, 6) is 0.220. The summed E-state index contributed by atoms with van der Waals surface area (Å²) in [6.45, 7) is 3.44. The molecule has 1 amide bonds. The maximum atomic E-state index is 12.9. The molecule has 3 N–H and O–H groups in total. The van der Waals surface area contributed by atoms with Crippen molar-refractivity contribution in [2.45, 2.75) is 57.1 Å². The minimum Gasteiger partial charge on any atom is -0.386 e. The first-order valence-corrected chi connectivity index (χ1v) is 11.7. The fourth-order valence-electron chi connectivity index (χ4n) is 5.83. The van der Waals surface area contributed by atoms with Crippen LogP contribution in [0.25, 0.3) is 16.3 Å². The van der Waals surface area contributed by atoms with Crippen LogP contribution < -0.4 is 10.9 Å². The van der Waals surface area contributed by atoms with Crippen LogP contribution in [0.4, 0.5) is 0 Å². The van der Waals surface area contributed by atoms with E-state index in [0.29, 0.717) is 16.9 Å². The van der Waals surface area contributed by atoms with Crippen LogP contribution in [0.2, 0.25) is 0 Å². The summed E-state index contributed by atoms with van der Waals surface area (Å²) >= 11 is 0. The number of nitrogens with one attached hydrogen (secondary N) is 2. The Morgan fingerprint density at radius 2 is 1.88 bits per heavy atom. The molecule has 3 aromatic heterocycles. The predicted molar refractivity (Wildman–Crippen MR) is 128 cm³/mol. The first-order chi connectivity index (χ1) is 16.2. The number of rotatable bonds is 4. The maximum absolute atomic E-state index is 12.9. The number of amides is 1. The van der Waals surface area contributed by atoms with Gasteiger partial charge < -0.3 is 10.4 Å². The van der Waals surface area contributed by atoms with E-state index in [1.54, 1.807) is 30.8 Å². The van der Waals surface area contributed by atoms with Crippen molar-refractivity contribution in [1.82, 2.24) is 25.1 Å². The van der Waals surface area contributed by atoms with Crippen LogP contribution in [0.15, 0.2) is 53.6 Å². The maximum Gasteiger partial charge on any atom is 0.272 e. The van der Waals surface area contributed by atoms with E-state index in [9.17, 15) is 14.7 Å². The van der Waals surface area contributed by atoms with Gasteiger partial charge in [-0.1, -0.05) is 24.3 Å². The molecule has 2 saturated carbocycles. The smallest absolute Gasteiger partial charge is 0.272 e. The topological polar surface area (TPSA) is 112 Å². The molecule has 2 aliphatic rings. The Morgan fingerprint density at radius 1 is 1.15 bits per heavy atom. The highest BCUT2D eigenvalue weighted by molar-refractivity contribution is 6.00. The summed E-state index contributed by atoms with van der Waals surface area (Å²) in [7, 11) is 0. The number of carbonyl (C=O) groups is 1. The first kappa shape index (κ1) is 21.0. The number of fused-ring (bicyclic) bond motifs is 2. The van der Waals surface area contributed by atoms with Crippen LogP contribution in [0.3, 0.4) is 0 Å². The monoisotopic (exact) mass is 457 g/mol. The zero-order chi connectivity index (χ0) is 23.7. The van der Waals surface area contributed by atoms with Crippen molar-refractivity contribution < 1.29 is 9.90 Å². The summed E-state index contributed by atoms with van der Waals surface area (Å²) in [6.07, 6.45) is 7.31. The number of aromatic amines is 1. The fourth-order valence-corrected chi connectivity index (χ4v) is 5.83. The van der Waals surface area contributed by atoms with Crippen LogP contribution in [-0.2, 0) is 5.60 Å². The standard InChI is InChI=1S/C26H27N5O3/c1-25(2,34)16-7-8-21-20(13-27-31(21)14-16)23(32)28-17-11-26(12-17)9-15(10-26)22-18-5-3-4-6-19(18)24(33)30-29-22/h3-8,13-15,17,34H,9-12H2,1-2H3,(H,28,32)(H,30,33)/t15-,17-,26?. The third-order valence-corrected chi connectivity index (χ3v) is 7.63. The fraction of sp³-hybridized carbons (Fsp3) is 0.385. The van der Waals surface area contributed by atoms with E-state index in [1.165, 1.54) is 0 Å². The van der Waals surface area contributed by atoms with Crippen molar-refractivity contribution >= 4 is 22.2 Å². The van der Waals surface area contributed by atoms with E-state index in [2.05, 4.69) is 20.6 Å². The highest BCUT2D eigenvalue weighted by atomic mass is 16.3. The Balaban J connectivity index is 1.10. The second-order valence-corrected chi connectivity index (χ2v) is 10.5. The number of hydrogen-bond acceptors (Lipinski definition) is 5. The van der Waals surface area contributed by atoms with Crippen molar-refractivity contribution in [2.24, 2.45) is 5.41 Å². The van der Waals surface area contributed by atoms with E-state index >= 15 is 0 Å². The molecule has 2 aliphatic carbocycles. The first-order valence-electron chi connectivity index (χ1n) is 11.7. The molecule has 0 unspecified atom stereocenters. The molecule has 0 atom stereocenters. The largest absolute Gasteiger partial charge is 0.386 e. The van der Waals surface area contributed by atoms with Crippen molar-refractivity contribution in [3.63, 3.8) is 0 Å². The van der Waals surface area contributed by atoms with Gasteiger partial charge >= 0.3 is 0 Å². The van der Waals surface area contributed by atoms with Crippen LogP contribution >= 0.6 is 0 Å². The summed E-state index contributed by atoms with van der Waals surface area (Å²) in [5, 5.41) is 26.3. The van der Waals surface area contributed by atoms with Crippen molar-refractivity contribution in [3.05, 3.63) is 76.0 Å². The second kappa shape index (κ2) is 7.24. The Morgan fingerprint density at radius 3 is 2.62 bits per heavy atom. The third-order valence-electron chi connectivity index (χ3n) is 7.63. The molecule has 0 radical (unpaired) electrons. The normalized spacial score (nSPS) is 24.2. The molecule has 34 heavy (non-hydrogen) atoms. The van der Waals surface area contributed by atoms with Crippen LogP contribution in [0, 0.1) is 5.41 Å². The van der Waals surface area contributed by atoms with Gasteiger partial charge in [-0.2, -0.15) is 10.2 Å². The Kier molecular flexibility index (Phi) is 4.48. The zero-order valence-corrected chi connectivity index (χ0v) is 19.2. The van der Waals surface area contributed by atoms with Gasteiger partial charge in [0.15, 0.2) is 0 Å². The minimum absolute atomic E-state index is 0.116. The molecule has 1 spiro atoms. The highest BCUT2D eigenvalue weighted by Gasteiger charge is 2.54. The Hall–Kier alpha value is -3.52.